The minimum absolute atomic E-state index is 0.0426. The number of urea groups is 1. The van der Waals surface area contributed by atoms with Gasteiger partial charge in [-0.3, -0.25) is 0 Å². The van der Waals surface area contributed by atoms with Crippen LogP contribution in [0.2, 0.25) is 0 Å². The Morgan fingerprint density at radius 3 is 3.00 bits per heavy atom. The van der Waals surface area contributed by atoms with Crippen LogP contribution in [0.3, 0.4) is 0 Å². The second-order valence-corrected chi connectivity index (χ2v) is 7.65. The fourth-order valence-corrected chi connectivity index (χ4v) is 4.55. The summed E-state index contributed by atoms with van der Waals surface area (Å²) in [6.07, 6.45) is 6.94. The summed E-state index contributed by atoms with van der Waals surface area (Å²) in [7, 11) is 0. The standard InChI is InChI=1S/C18H26N2O2S/c1-13-15(7-5-8-16(13)23-2)19-17(21)20-11-10-18(22)9-4-3-6-14(18)12-20/h5,7-8,14,22H,3-4,6,9-12H2,1-2H3,(H,19,21)/t14-,18+/m0/s1. The summed E-state index contributed by atoms with van der Waals surface area (Å²) in [5.41, 5.74) is 1.45. The minimum Gasteiger partial charge on any atom is -0.389 e. The van der Waals surface area contributed by atoms with Crippen molar-refractivity contribution in [3.63, 3.8) is 0 Å². The van der Waals surface area contributed by atoms with Crippen LogP contribution in [0.15, 0.2) is 23.1 Å². The number of thioether (sulfide) groups is 1. The van der Waals surface area contributed by atoms with E-state index in [9.17, 15) is 9.90 Å². The maximum Gasteiger partial charge on any atom is 0.321 e. The quantitative estimate of drug-likeness (QED) is 0.807. The summed E-state index contributed by atoms with van der Waals surface area (Å²) in [4.78, 5) is 15.7. The van der Waals surface area contributed by atoms with Gasteiger partial charge in [-0.2, -0.15) is 0 Å². The second-order valence-electron chi connectivity index (χ2n) is 6.81. The number of hydrogen-bond donors (Lipinski definition) is 2. The molecule has 0 radical (unpaired) electrons. The van der Waals surface area contributed by atoms with Crippen molar-refractivity contribution in [2.24, 2.45) is 5.92 Å². The van der Waals surface area contributed by atoms with Crippen molar-refractivity contribution < 1.29 is 9.90 Å². The first-order valence-electron chi connectivity index (χ1n) is 8.45. The number of benzene rings is 1. The lowest BCUT2D eigenvalue weighted by Crippen LogP contribution is -2.55. The van der Waals surface area contributed by atoms with Gasteiger partial charge >= 0.3 is 6.03 Å². The predicted octanol–water partition coefficient (Wildman–Crippen LogP) is 3.88. The average Bonchev–Trinajstić information content (AvgIpc) is 2.55. The molecule has 1 aliphatic heterocycles. The van der Waals surface area contributed by atoms with E-state index in [4.69, 9.17) is 0 Å². The van der Waals surface area contributed by atoms with Crippen molar-refractivity contribution in [2.45, 2.75) is 49.5 Å². The molecular formula is C18H26N2O2S. The molecule has 0 unspecified atom stereocenters. The Bertz CT molecular complexity index is 592. The molecule has 0 bridgehead atoms. The molecule has 0 aromatic heterocycles. The summed E-state index contributed by atoms with van der Waals surface area (Å²) in [5.74, 6) is 0.231. The fraction of sp³-hybridized carbons (Fsp3) is 0.611. The van der Waals surface area contributed by atoms with Crippen molar-refractivity contribution in [3.8, 4) is 0 Å². The van der Waals surface area contributed by atoms with Crippen LogP contribution in [-0.2, 0) is 0 Å². The van der Waals surface area contributed by atoms with Gasteiger partial charge in [0, 0.05) is 29.6 Å². The molecule has 4 nitrogen and oxygen atoms in total. The molecule has 5 heteroatoms. The van der Waals surface area contributed by atoms with E-state index in [1.165, 1.54) is 4.90 Å². The number of likely N-dealkylation sites (tertiary alicyclic amines) is 1. The third kappa shape index (κ3) is 3.36. The topological polar surface area (TPSA) is 52.6 Å². The monoisotopic (exact) mass is 334 g/mol. The molecule has 1 heterocycles. The van der Waals surface area contributed by atoms with Crippen LogP contribution < -0.4 is 5.32 Å². The number of carbonyl (C=O) groups excluding carboxylic acids is 1. The van der Waals surface area contributed by atoms with Gasteiger partial charge in [0.25, 0.3) is 0 Å². The fourth-order valence-electron chi connectivity index (χ4n) is 3.92. The molecule has 3 rings (SSSR count). The van der Waals surface area contributed by atoms with Crippen LogP contribution in [0, 0.1) is 12.8 Å². The number of nitrogens with one attached hydrogen (secondary N) is 1. The van der Waals surface area contributed by atoms with Gasteiger partial charge in [-0.05, 0) is 50.1 Å². The summed E-state index contributed by atoms with van der Waals surface area (Å²) in [6.45, 7) is 3.35. The SMILES string of the molecule is CSc1cccc(NC(=O)N2CC[C@]3(O)CCCC[C@H]3C2)c1C. The third-order valence-corrected chi connectivity index (χ3v) is 6.34. The van der Waals surface area contributed by atoms with Crippen molar-refractivity contribution in [2.75, 3.05) is 24.7 Å². The van der Waals surface area contributed by atoms with Crippen LogP contribution in [0.1, 0.15) is 37.7 Å². The number of amides is 2. The Hall–Kier alpha value is -1.20. The van der Waals surface area contributed by atoms with Gasteiger partial charge in [0.1, 0.15) is 0 Å². The highest BCUT2D eigenvalue weighted by molar-refractivity contribution is 7.98. The van der Waals surface area contributed by atoms with Crippen molar-refractivity contribution in [1.82, 2.24) is 4.90 Å². The minimum atomic E-state index is -0.538. The van der Waals surface area contributed by atoms with Crippen molar-refractivity contribution >= 4 is 23.5 Å². The molecule has 1 aliphatic carbocycles. The van der Waals surface area contributed by atoms with E-state index < -0.39 is 5.60 Å². The Morgan fingerprint density at radius 1 is 1.39 bits per heavy atom. The number of nitrogens with zero attached hydrogens (tertiary/aromatic N) is 1. The van der Waals surface area contributed by atoms with Crippen molar-refractivity contribution in [1.29, 1.82) is 0 Å². The highest BCUT2D eigenvalue weighted by atomic mass is 32.2. The highest BCUT2D eigenvalue weighted by Gasteiger charge is 2.43. The molecule has 126 valence electrons. The maximum atomic E-state index is 12.6. The summed E-state index contributed by atoms with van der Waals surface area (Å²) in [5, 5.41) is 13.8. The Kier molecular flexibility index (Phi) is 4.87. The zero-order valence-electron chi connectivity index (χ0n) is 14.0. The van der Waals surface area contributed by atoms with E-state index in [2.05, 4.69) is 11.4 Å². The Morgan fingerprint density at radius 2 is 2.22 bits per heavy atom. The first-order valence-corrected chi connectivity index (χ1v) is 9.68. The van der Waals surface area contributed by atoms with Crippen LogP contribution in [-0.4, -0.2) is 41.0 Å². The average molecular weight is 334 g/mol. The lowest BCUT2D eigenvalue weighted by molar-refractivity contribution is -0.0863. The van der Waals surface area contributed by atoms with E-state index >= 15 is 0 Å². The molecule has 1 saturated carbocycles. The lowest BCUT2D eigenvalue weighted by atomic mass is 9.71. The van der Waals surface area contributed by atoms with Gasteiger partial charge in [0.2, 0.25) is 0 Å². The Balaban J connectivity index is 1.67. The van der Waals surface area contributed by atoms with Crippen LogP contribution >= 0.6 is 11.8 Å². The number of fused-ring (bicyclic) bond motifs is 1. The zero-order valence-corrected chi connectivity index (χ0v) is 14.8. The molecule has 2 fully saturated rings. The van der Waals surface area contributed by atoms with Gasteiger partial charge in [-0.25, -0.2) is 4.79 Å². The smallest absolute Gasteiger partial charge is 0.321 e. The number of hydrogen-bond acceptors (Lipinski definition) is 3. The van der Waals surface area contributed by atoms with E-state index in [1.54, 1.807) is 11.8 Å². The number of piperidine rings is 1. The summed E-state index contributed by atoms with van der Waals surface area (Å²) >= 11 is 1.69. The summed E-state index contributed by atoms with van der Waals surface area (Å²) < 4.78 is 0. The number of carbonyl (C=O) groups is 1. The number of anilines is 1. The molecule has 1 aromatic carbocycles. The highest BCUT2D eigenvalue weighted by Crippen LogP contribution is 2.40. The molecule has 23 heavy (non-hydrogen) atoms. The van der Waals surface area contributed by atoms with Gasteiger partial charge < -0.3 is 15.3 Å². The molecule has 1 aromatic rings. The molecule has 2 aliphatic rings. The third-order valence-electron chi connectivity index (χ3n) is 5.46. The number of aliphatic hydroxyl groups is 1. The first kappa shape index (κ1) is 16.7. The van der Waals surface area contributed by atoms with Gasteiger partial charge in [-0.15, -0.1) is 11.8 Å². The van der Waals surface area contributed by atoms with Crippen molar-refractivity contribution in [3.05, 3.63) is 23.8 Å². The predicted molar refractivity (Wildman–Crippen MR) is 95.1 cm³/mol. The molecule has 2 atom stereocenters. The van der Waals surface area contributed by atoms with E-state index in [0.29, 0.717) is 19.5 Å². The van der Waals surface area contributed by atoms with Crippen LogP contribution in [0.25, 0.3) is 0 Å². The largest absolute Gasteiger partial charge is 0.389 e. The first-order chi connectivity index (χ1) is 11.0. The molecular weight excluding hydrogens is 308 g/mol. The van der Waals surface area contributed by atoms with E-state index in [-0.39, 0.29) is 11.9 Å². The second kappa shape index (κ2) is 6.73. The zero-order chi connectivity index (χ0) is 16.4. The number of rotatable bonds is 2. The van der Waals surface area contributed by atoms with Gasteiger partial charge in [0.15, 0.2) is 0 Å². The maximum absolute atomic E-state index is 12.6. The van der Waals surface area contributed by atoms with E-state index in [0.717, 1.165) is 36.9 Å². The molecule has 2 N–H and O–H groups in total. The van der Waals surface area contributed by atoms with E-state index in [1.807, 2.05) is 30.2 Å². The van der Waals surface area contributed by atoms with Gasteiger partial charge in [-0.1, -0.05) is 18.9 Å². The van der Waals surface area contributed by atoms with Gasteiger partial charge in [0.05, 0.1) is 5.60 Å². The molecule has 1 saturated heterocycles. The lowest BCUT2D eigenvalue weighted by Gasteiger charge is -2.47. The summed E-state index contributed by atoms with van der Waals surface area (Å²) in [6, 6.07) is 5.95. The normalized spacial score (nSPS) is 27.4. The molecule has 0 spiro atoms. The van der Waals surface area contributed by atoms with Crippen LogP contribution in [0.5, 0.6) is 0 Å². The van der Waals surface area contributed by atoms with Crippen LogP contribution in [0.4, 0.5) is 10.5 Å². The molecule has 2 amide bonds. The Labute approximate surface area is 142 Å².